The lowest BCUT2D eigenvalue weighted by Gasteiger charge is -2.41. The zero-order chi connectivity index (χ0) is 18.8. The topological polar surface area (TPSA) is 93.9 Å². The number of rotatable bonds is 4. The van der Waals surface area contributed by atoms with Gasteiger partial charge >= 0.3 is 0 Å². The molecular formula is C19H34N6O2. The van der Waals surface area contributed by atoms with Crippen molar-refractivity contribution in [3.8, 4) is 0 Å². The first-order valence-corrected chi connectivity index (χ1v) is 10.7. The van der Waals surface area contributed by atoms with Gasteiger partial charge in [0.25, 0.3) is 0 Å². The van der Waals surface area contributed by atoms with Crippen LogP contribution in [0.4, 0.5) is 0 Å². The van der Waals surface area contributed by atoms with E-state index in [1.165, 1.54) is 19.3 Å². The van der Waals surface area contributed by atoms with Crippen LogP contribution in [0.25, 0.3) is 0 Å². The fraction of sp³-hybridized carbons (Fsp3) is 0.895. The summed E-state index contributed by atoms with van der Waals surface area (Å²) in [5.41, 5.74) is 6.06. The van der Waals surface area contributed by atoms with Crippen molar-refractivity contribution < 1.29 is 9.59 Å². The van der Waals surface area contributed by atoms with E-state index in [9.17, 15) is 9.59 Å². The van der Waals surface area contributed by atoms with Crippen molar-refractivity contribution in [2.75, 3.05) is 45.8 Å². The van der Waals surface area contributed by atoms with Crippen molar-refractivity contribution in [2.45, 2.75) is 62.8 Å². The average Bonchev–Trinajstić information content (AvgIpc) is 3.11. The molecule has 4 aliphatic heterocycles. The van der Waals surface area contributed by atoms with E-state index in [1.807, 2.05) is 4.90 Å². The number of nitrogens with zero attached hydrogens (tertiary/aromatic N) is 3. The summed E-state index contributed by atoms with van der Waals surface area (Å²) in [6, 6.07) is 0.205. The maximum absolute atomic E-state index is 12.7. The number of hydrogen-bond acceptors (Lipinski definition) is 6. The van der Waals surface area contributed by atoms with E-state index in [0.29, 0.717) is 19.1 Å². The lowest BCUT2D eigenvalue weighted by Crippen LogP contribution is -2.58. The first-order chi connectivity index (χ1) is 13.1. The second-order valence-corrected chi connectivity index (χ2v) is 8.53. The van der Waals surface area contributed by atoms with Crippen LogP contribution in [0, 0.1) is 0 Å². The molecule has 1 unspecified atom stereocenters. The molecule has 0 aromatic carbocycles. The van der Waals surface area contributed by atoms with E-state index in [0.717, 1.165) is 52.1 Å². The van der Waals surface area contributed by atoms with E-state index < -0.39 is 0 Å². The highest BCUT2D eigenvalue weighted by molar-refractivity contribution is 5.83. The van der Waals surface area contributed by atoms with Crippen LogP contribution >= 0.6 is 0 Å². The van der Waals surface area contributed by atoms with Gasteiger partial charge in [0.15, 0.2) is 0 Å². The van der Waals surface area contributed by atoms with Crippen molar-refractivity contribution in [1.29, 1.82) is 0 Å². The van der Waals surface area contributed by atoms with Gasteiger partial charge in [-0.15, -0.1) is 0 Å². The molecule has 0 saturated carbocycles. The standard InChI is InChI=1S/C19H34N6O2/c20-14-11-16-19(27)22-12-15(25(16)13-14)4-5-18(26)24-9-7-23(8-10-24)17-3-1-2-6-21-17/h14-17,21H,1-13,20H2,(H,22,27)/t14-,15-,16+,17?/m0/s1. The summed E-state index contributed by atoms with van der Waals surface area (Å²) >= 11 is 0. The molecule has 152 valence electrons. The van der Waals surface area contributed by atoms with Crippen molar-refractivity contribution >= 4 is 11.8 Å². The number of carbonyl (C=O) groups is 2. The highest BCUT2D eigenvalue weighted by Gasteiger charge is 2.42. The smallest absolute Gasteiger partial charge is 0.237 e. The monoisotopic (exact) mass is 378 g/mol. The number of hydrogen-bond donors (Lipinski definition) is 3. The van der Waals surface area contributed by atoms with Gasteiger partial charge in [-0.3, -0.25) is 19.4 Å². The van der Waals surface area contributed by atoms with Crippen molar-refractivity contribution in [2.24, 2.45) is 5.73 Å². The Hall–Kier alpha value is -1.22. The SMILES string of the molecule is N[C@H]1C[C@@H]2C(=O)NC[C@H](CCC(=O)N3CCN(C4CCCCN4)CC3)N2C1. The molecular weight excluding hydrogens is 344 g/mol. The number of piperazine rings is 2. The lowest BCUT2D eigenvalue weighted by molar-refractivity contribution is -0.134. The molecule has 0 aliphatic carbocycles. The maximum Gasteiger partial charge on any atom is 0.237 e. The minimum Gasteiger partial charge on any atom is -0.353 e. The van der Waals surface area contributed by atoms with Crippen LogP contribution in [0.1, 0.15) is 38.5 Å². The van der Waals surface area contributed by atoms with Gasteiger partial charge in [0.2, 0.25) is 11.8 Å². The molecule has 4 N–H and O–H groups in total. The van der Waals surface area contributed by atoms with Crippen LogP contribution in [0.3, 0.4) is 0 Å². The van der Waals surface area contributed by atoms with Crippen LogP contribution in [0.5, 0.6) is 0 Å². The number of carbonyl (C=O) groups excluding carboxylic acids is 2. The molecule has 4 heterocycles. The highest BCUT2D eigenvalue weighted by atomic mass is 16.2. The molecule has 4 fully saturated rings. The van der Waals surface area contributed by atoms with Crippen LogP contribution in [-0.2, 0) is 9.59 Å². The number of fused-ring (bicyclic) bond motifs is 1. The van der Waals surface area contributed by atoms with Crippen molar-refractivity contribution in [1.82, 2.24) is 25.3 Å². The predicted molar refractivity (Wildman–Crippen MR) is 103 cm³/mol. The fourth-order valence-electron chi connectivity index (χ4n) is 5.15. The Morgan fingerprint density at radius 3 is 2.74 bits per heavy atom. The quantitative estimate of drug-likeness (QED) is 0.576. The number of amides is 2. The lowest BCUT2D eigenvalue weighted by atomic mass is 10.0. The summed E-state index contributed by atoms with van der Waals surface area (Å²) in [5, 5.41) is 6.60. The van der Waals surface area contributed by atoms with Crippen molar-refractivity contribution in [3.63, 3.8) is 0 Å². The van der Waals surface area contributed by atoms with Crippen LogP contribution in [0.15, 0.2) is 0 Å². The van der Waals surface area contributed by atoms with E-state index in [1.54, 1.807) is 0 Å². The van der Waals surface area contributed by atoms with Crippen molar-refractivity contribution in [3.05, 3.63) is 0 Å². The number of nitrogens with two attached hydrogens (primary N) is 1. The summed E-state index contributed by atoms with van der Waals surface area (Å²) in [4.78, 5) is 31.5. The molecule has 8 heteroatoms. The van der Waals surface area contributed by atoms with Crippen LogP contribution < -0.4 is 16.4 Å². The Bertz CT molecular complexity index is 544. The fourth-order valence-corrected chi connectivity index (χ4v) is 5.15. The molecule has 0 aromatic heterocycles. The van der Waals surface area contributed by atoms with E-state index >= 15 is 0 Å². The molecule has 4 aliphatic rings. The van der Waals surface area contributed by atoms with E-state index in [4.69, 9.17) is 5.73 Å². The van der Waals surface area contributed by atoms with Gasteiger partial charge < -0.3 is 21.3 Å². The minimum atomic E-state index is -0.0969. The molecule has 27 heavy (non-hydrogen) atoms. The van der Waals surface area contributed by atoms with Gasteiger partial charge in [-0.05, 0) is 38.6 Å². The molecule has 0 aromatic rings. The highest BCUT2D eigenvalue weighted by Crippen LogP contribution is 2.25. The zero-order valence-electron chi connectivity index (χ0n) is 16.2. The van der Waals surface area contributed by atoms with Gasteiger partial charge in [0.1, 0.15) is 0 Å². The third-order valence-electron chi connectivity index (χ3n) is 6.74. The van der Waals surface area contributed by atoms with Gasteiger partial charge in [-0.2, -0.15) is 0 Å². The Labute approximate surface area is 161 Å². The van der Waals surface area contributed by atoms with Gasteiger partial charge in [-0.25, -0.2) is 0 Å². The molecule has 8 nitrogen and oxygen atoms in total. The molecule has 4 rings (SSSR count). The van der Waals surface area contributed by atoms with Gasteiger partial charge in [-0.1, -0.05) is 0 Å². The third-order valence-corrected chi connectivity index (χ3v) is 6.74. The summed E-state index contributed by atoms with van der Waals surface area (Å²) < 4.78 is 0. The van der Waals surface area contributed by atoms with Crippen LogP contribution in [0.2, 0.25) is 0 Å². The minimum absolute atomic E-state index is 0.0681. The second kappa shape index (κ2) is 8.43. The maximum atomic E-state index is 12.7. The Balaban J connectivity index is 1.22. The molecule has 4 saturated heterocycles. The summed E-state index contributed by atoms with van der Waals surface area (Å²) in [5.74, 6) is 0.348. The normalized spacial score (nSPS) is 35.7. The molecule has 0 spiro atoms. The molecule has 0 bridgehead atoms. The first kappa shape index (κ1) is 19.1. The zero-order valence-corrected chi connectivity index (χ0v) is 16.2. The van der Waals surface area contributed by atoms with Gasteiger partial charge in [0.05, 0.1) is 12.2 Å². The number of nitrogens with one attached hydrogen (secondary N) is 2. The summed E-state index contributed by atoms with van der Waals surface area (Å²) in [6.07, 6.45) is 6.38. The summed E-state index contributed by atoms with van der Waals surface area (Å²) in [6.45, 7) is 6.10. The molecule has 4 atom stereocenters. The van der Waals surface area contributed by atoms with E-state index in [-0.39, 0.29) is 29.9 Å². The third kappa shape index (κ3) is 4.29. The predicted octanol–water partition coefficient (Wildman–Crippen LogP) is -1.09. The Kier molecular flexibility index (Phi) is 5.96. The first-order valence-electron chi connectivity index (χ1n) is 10.7. The number of piperidine rings is 1. The largest absolute Gasteiger partial charge is 0.353 e. The van der Waals surface area contributed by atoms with E-state index in [2.05, 4.69) is 20.4 Å². The second-order valence-electron chi connectivity index (χ2n) is 8.53. The Morgan fingerprint density at radius 1 is 1.19 bits per heavy atom. The molecule has 0 radical (unpaired) electrons. The van der Waals surface area contributed by atoms with Crippen LogP contribution in [-0.4, -0.2) is 96.6 Å². The van der Waals surface area contributed by atoms with Gasteiger partial charge in [0, 0.05) is 57.8 Å². The Morgan fingerprint density at radius 2 is 2.00 bits per heavy atom. The average molecular weight is 379 g/mol. The summed E-state index contributed by atoms with van der Waals surface area (Å²) in [7, 11) is 0. The molecule has 2 amide bonds.